The molecule has 0 radical (unpaired) electrons. The third-order valence-corrected chi connectivity index (χ3v) is 4.10. The summed E-state index contributed by atoms with van der Waals surface area (Å²) in [5.74, 6) is 0.330. The normalized spacial score (nSPS) is 15.4. The second-order valence-electron chi connectivity index (χ2n) is 5.83. The van der Waals surface area contributed by atoms with Crippen molar-refractivity contribution in [1.29, 1.82) is 0 Å². The van der Waals surface area contributed by atoms with E-state index in [4.69, 9.17) is 0 Å². The Bertz CT molecular complexity index is 664. The first-order valence-corrected chi connectivity index (χ1v) is 8.02. The van der Waals surface area contributed by atoms with Crippen molar-refractivity contribution in [2.75, 3.05) is 23.3 Å². The van der Waals surface area contributed by atoms with Crippen LogP contribution in [0.2, 0.25) is 0 Å². The van der Waals surface area contributed by atoms with Crippen LogP contribution in [0, 0.1) is 0 Å². The number of anilines is 2. The van der Waals surface area contributed by atoms with Crippen molar-refractivity contribution in [2.24, 2.45) is 0 Å². The SMILES string of the molecule is FC(F)(F)c1ccc(NCc2ccccc2N2CCCCC2)nn1. The zero-order valence-electron chi connectivity index (χ0n) is 13.2. The molecule has 7 heteroatoms. The third-order valence-electron chi connectivity index (χ3n) is 4.10. The quantitative estimate of drug-likeness (QED) is 0.913. The van der Waals surface area contributed by atoms with Crippen molar-refractivity contribution in [2.45, 2.75) is 32.0 Å². The lowest BCUT2D eigenvalue weighted by Crippen LogP contribution is -2.30. The van der Waals surface area contributed by atoms with Crippen LogP contribution in [0.15, 0.2) is 36.4 Å². The number of nitrogens with one attached hydrogen (secondary N) is 1. The molecule has 1 fully saturated rings. The number of alkyl halides is 3. The third kappa shape index (κ3) is 3.96. The number of piperidine rings is 1. The number of aromatic nitrogens is 2. The first kappa shape index (κ1) is 16.5. The van der Waals surface area contributed by atoms with Crippen LogP contribution in [0.3, 0.4) is 0 Å². The van der Waals surface area contributed by atoms with Crippen molar-refractivity contribution in [3.05, 3.63) is 47.7 Å². The molecule has 2 aromatic rings. The van der Waals surface area contributed by atoms with Crippen molar-refractivity contribution >= 4 is 11.5 Å². The molecule has 128 valence electrons. The van der Waals surface area contributed by atoms with E-state index < -0.39 is 11.9 Å². The van der Waals surface area contributed by atoms with Gasteiger partial charge in [-0.25, -0.2) is 0 Å². The van der Waals surface area contributed by atoms with Crippen molar-refractivity contribution in [3.8, 4) is 0 Å². The lowest BCUT2D eigenvalue weighted by atomic mass is 10.1. The molecule has 1 saturated heterocycles. The van der Waals surface area contributed by atoms with Crippen LogP contribution in [0.4, 0.5) is 24.7 Å². The first-order chi connectivity index (χ1) is 11.5. The van der Waals surface area contributed by atoms with E-state index in [-0.39, 0.29) is 0 Å². The molecule has 0 amide bonds. The van der Waals surface area contributed by atoms with E-state index in [2.05, 4.69) is 26.5 Å². The lowest BCUT2D eigenvalue weighted by molar-refractivity contribution is -0.141. The molecule has 1 N–H and O–H groups in total. The number of halogens is 3. The Hall–Kier alpha value is -2.31. The highest BCUT2D eigenvalue weighted by molar-refractivity contribution is 5.55. The highest BCUT2D eigenvalue weighted by Gasteiger charge is 2.32. The van der Waals surface area contributed by atoms with Gasteiger partial charge in [0.25, 0.3) is 0 Å². The van der Waals surface area contributed by atoms with Gasteiger partial charge in [-0.2, -0.15) is 13.2 Å². The smallest absolute Gasteiger partial charge is 0.371 e. The fourth-order valence-corrected chi connectivity index (χ4v) is 2.87. The second kappa shape index (κ2) is 7.07. The molecule has 0 unspecified atom stereocenters. The number of rotatable bonds is 4. The maximum atomic E-state index is 12.5. The van der Waals surface area contributed by atoms with Gasteiger partial charge in [-0.1, -0.05) is 18.2 Å². The minimum Gasteiger partial charge on any atom is -0.371 e. The molecule has 0 bridgehead atoms. The number of hydrogen-bond acceptors (Lipinski definition) is 4. The van der Waals surface area contributed by atoms with Crippen LogP contribution in [-0.4, -0.2) is 23.3 Å². The van der Waals surface area contributed by atoms with E-state index in [0.717, 1.165) is 24.7 Å². The van der Waals surface area contributed by atoms with Gasteiger partial charge >= 0.3 is 6.18 Å². The number of nitrogens with zero attached hydrogens (tertiary/aromatic N) is 3. The molecule has 4 nitrogen and oxygen atoms in total. The minimum atomic E-state index is -4.47. The first-order valence-electron chi connectivity index (χ1n) is 8.02. The average molecular weight is 336 g/mol. The Balaban J connectivity index is 1.68. The lowest BCUT2D eigenvalue weighted by Gasteiger charge is -2.30. The van der Waals surface area contributed by atoms with Gasteiger partial charge in [0.2, 0.25) is 0 Å². The summed E-state index contributed by atoms with van der Waals surface area (Å²) in [4.78, 5) is 2.36. The van der Waals surface area contributed by atoms with E-state index >= 15 is 0 Å². The van der Waals surface area contributed by atoms with Gasteiger partial charge in [-0.3, -0.25) is 0 Å². The molecule has 0 spiro atoms. The van der Waals surface area contributed by atoms with Crippen molar-refractivity contribution < 1.29 is 13.2 Å². The van der Waals surface area contributed by atoms with Crippen LogP contribution in [0.1, 0.15) is 30.5 Å². The fourth-order valence-electron chi connectivity index (χ4n) is 2.87. The molecule has 1 aliphatic rings. The molecule has 1 aromatic heterocycles. The Labute approximate surface area is 138 Å². The molecule has 0 aliphatic carbocycles. The van der Waals surface area contributed by atoms with Crippen LogP contribution in [0.25, 0.3) is 0 Å². The topological polar surface area (TPSA) is 41.0 Å². The Morgan fingerprint density at radius 2 is 1.71 bits per heavy atom. The number of hydrogen-bond donors (Lipinski definition) is 1. The summed E-state index contributed by atoms with van der Waals surface area (Å²) in [6.07, 6.45) is -0.831. The average Bonchev–Trinajstić information content (AvgIpc) is 2.60. The maximum Gasteiger partial charge on any atom is 0.435 e. The molecule has 1 aliphatic heterocycles. The van der Waals surface area contributed by atoms with E-state index in [1.807, 2.05) is 18.2 Å². The zero-order valence-corrected chi connectivity index (χ0v) is 13.2. The predicted octanol–water partition coefficient (Wildman–Crippen LogP) is 4.10. The predicted molar refractivity (Wildman–Crippen MR) is 86.9 cm³/mol. The van der Waals surface area contributed by atoms with Crippen LogP contribution in [-0.2, 0) is 12.7 Å². The van der Waals surface area contributed by atoms with Gasteiger partial charge in [0.1, 0.15) is 5.82 Å². The van der Waals surface area contributed by atoms with E-state index in [1.165, 1.54) is 31.0 Å². The van der Waals surface area contributed by atoms with Gasteiger partial charge in [-0.05, 0) is 43.0 Å². The largest absolute Gasteiger partial charge is 0.435 e. The standard InChI is InChI=1S/C17H19F3N4/c18-17(19,20)15-8-9-16(23-22-15)21-12-13-6-2-3-7-14(13)24-10-4-1-5-11-24/h2-3,6-9H,1,4-5,10-12H2,(H,21,23). The summed E-state index contributed by atoms with van der Waals surface area (Å²) in [7, 11) is 0. The van der Waals surface area contributed by atoms with Crippen molar-refractivity contribution in [1.82, 2.24) is 10.2 Å². The highest BCUT2D eigenvalue weighted by atomic mass is 19.4. The van der Waals surface area contributed by atoms with Gasteiger partial charge in [0.15, 0.2) is 5.69 Å². The molecule has 24 heavy (non-hydrogen) atoms. The second-order valence-corrected chi connectivity index (χ2v) is 5.83. The van der Waals surface area contributed by atoms with E-state index in [1.54, 1.807) is 0 Å². The van der Waals surface area contributed by atoms with Crippen LogP contribution in [0.5, 0.6) is 0 Å². The maximum absolute atomic E-state index is 12.5. The minimum absolute atomic E-state index is 0.330. The van der Waals surface area contributed by atoms with Gasteiger partial charge in [-0.15, -0.1) is 10.2 Å². The van der Waals surface area contributed by atoms with Gasteiger partial charge in [0.05, 0.1) is 0 Å². The Morgan fingerprint density at radius 3 is 2.38 bits per heavy atom. The molecular weight excluding hydrogens is 317 g/mol. The molecule has 1 aromatic carbocycles. The summed E-state index contributed by atoms with van der Waals surface area (Å²) >= 11 is 0. The summed E-state index contributed by atoms with van der Waals surface area (Å²) in [5.41, 5.74) is 1.28. The molecule has 3 rings (SSSR count). The van der Waals surface area contributed by atoms with Crippen LogP contribution >= 0.6 is 0 Å². The van der Waals surface area contributed by atoms with Gasteiger partial charge < -0.3 is 10.2 Å². The number of benzene rings is 1. The molecule has 0 saturated carbocycles. The summed E-state index contributed by atoms with van der Waals surface area (Å²) < 4.78 is 37.5. The Morgan fingerprint density at radius 1 is 0.958 bits per heavy atom. The van der Waals surface area contributed by atoms with E-state index in [9.17, 15) is 13.2 Å². The monoisotopic (exact) mass is 336 g/mol. The fraction of sp³-hybridized carbons (Fsp3) is 0.412. The highest BCUT2D eigenvalue weighted by Crippen LogP contribution is 2.28. The number of para-hydroxylation sites is 1. The Kier molecular flexibility index (Phi) is 4.87. The van der Waals surface area contributed by atoms with E-state index in [0.29, 0.717) is 12.4 Å². The zero-order chi connectivity index (χ0) is 17.0. The molecular formula is C17H19F3N4. The van der Waals surface area contributed by atoms with Crippen LogP contribution < -0.4 is 10.2 Å². The van der Waals surface area contributed by atoms with Gasteiger partial charge in [0, 0.05) is 25.3 Å². The van der Waals surface area contributed by atoms with Crippen molar-refractivity contribution in [3.63, 3.8) is 0 Å². The summed E-state index contributed by atoms with van der Waals surface area (Å²) in [6.45, 7) is 2.57. The summed E-state index contributed by atoms with van der Waals surface area (Å²) in [5, 5.41) is 9.89. The molecule has 2 heterocycles. The molecule has 0 atom stereocenters. The summed E-state index contributed by atoms with van der Waals surface area (Å²) in [6, 6.07) is 10.3.